The van der Waals surface area contributed by atoms with Crippen molar-refractivity contribution in [2.45, 2.75) is 35.4 Å². The summed E-state index contributed by atoms with van der Waals surface area (Å²) in [6, 6.07) is 12.5. The van der Waals surface area contributed by atoms with Gasteiger partial charge in [0.25, 0.3) is 0 Å². The molecule has 0 spiro atoms. The minimum absolute atomic E-state index is 0.0216. The van der Waals surface area contributed by atoms with Gasteiger partial charge in [-0.3, -0.25) is 4.79 Å². The van der Waals surface area contributed by atoms with Gasteiger partial charge in [0.2, 0.25) is 5.91 Å². The lowest BCUT2D eigenvalue weighted by atomic mass is 10.3. The number of benzene rings is 1. The first-order valence-electron chi connectivity index (χ1n) is 8.76. The molecular weight excluding hydrogens is 396 g/mol. The van der Waals surface area contributed by atoms with Gasteiger partial charge in [0, 0.05) is 22.2 Å². The highest BCUT2D eigenvalue weighted by atomic mass is 32.2. The van der Waals surface area contributed by atoms with Crippen LogP contribution in [0.1, 0.15) is 29.6 Å². The van der Waals surface area contributed by atoms with Crippen molar-refractivity contribution in [1.82, 2.24) is 14.8 Å². The Hall–Kier alpha value is -1.77. The summed E-state index contributed by atoms with van der Waals surface area (Å²) in [6.07, 6.45) is 5.13. The third-order valence-electron chi connectivity index (χ3n) is 4.27. The Balaban J connectivity index is 1.42. The summed E-state index contributed by atoms with van der Waals surface area (Å²) in [6.45, 7) is 0. The maximum absolute atomic E-state index is 12.4. The van der Waals surface area contributed by atoms with Crippen LogP contribution < -0.4 is 5.32 Å². The fourth-order valence-electron chi connectivity index (χ4n) is 2.86. The third kappa shape index (κ3) is 4.56. The Morgan fingerprint density at radius 1 is 1.26 bits per heavy atom. The van der Waals surface area contributed by atoms with Crippen LogP contribution in [0, 0.1) is 0 Å². The molecule has 4 rings (SSSR count). The number of thioether (sulfide) groups is 2. The smallest absolute Gasteiger partial charge is 0.234 e. The van der Waals surface area contributed by atoms with Crippen LogP contribution in [0.4, 0.5) is 5.69 Å². The van der Waals surface area contributed by atoms with E-state index >= 15 is 0 Å². The number of hydrogen-bond acceptors (Lipinski definition) is 6. The molecule has 1 N–H and O–H groups in total. The van der Waals surface area contributed by atoms with Gasteiger partial charge in [0.05, 0.1) is 11.4 Å². The van der Waals surface area contributed by atoms with E-state index in [1.165, 1.54) is 16.6 Å². The van der Waals surface area contributed by atoms with Crippen molar-refractivity contribution in [2.75, 3.05) is 17.3 Å². The number of anilines is 1. The molecule has 2 heterocycles. The van der Waals surface area contributed by atoms with Gasteiger partial charge in [-0.05, 0) is 42.7 Å². The summed E-state index contributed by atoms with van der Waals surface area (Å²) in [5.74, 6) is 1.30. The molecule has 140 valence electrons. The van der Waals surface area contributed by atoms with Gasteiger partial charge in [0.15, 0.2) is 5.16 Å². The summed E-state index contributed by atoms with van der Waals surface area (Å²) in [7, 11) is 0. The zero-order chi connectivity index (χ0) is 18.6. The molecule has 3 aromatic rings. The Bertz CT molecular complexity index is 919. The van der Waals surface area contributed by atoms with Crippen molar-refractivity contribution in [3.8, 4) is 0 Å². The van der Waals surface area contributed by atoms with Crippen LogP contribution in [0.2, 0.25) is 0 Å². The molecule has 1 aliphatic rings. The number of nitrogens with one attached hydrogen (secondary N) is 1. The topological polar surface area (TPSA) is 59.8 Å². The van der Waals surface area contributed by atoms with E-state index in [0.717, 1.165) is 40.8 Å². The predicted molar refractivity (Wildman–Crippen MR) is 113 cm³/mol. The van der Waals surface area contributed by atoms with E-state index in [4.69, 9.17) is 0 Å². The predicted octanol–water partition coefficient (Wildman–Crippen LogP) is 4.72. The molecule has 0 unspecified atom stereocenters. The second kappa shape index (κ2) is 8.50. The van der Waals surface area contributed by atoms with Crippen LogP contribution in [0.25, 0.3) is 0 Å². The van der Waals surface area contributed by atoms with E-state index in [1.807, 2.05) is 30.5 Å². The minimum Gasteiger partial charge on any atom is -0.324 e. The lowest BCUT2D eigenvalue weighted by Crippen LogP contribution is -2.15. The average Bonchev–Trinajstić information content (AvgIpc) is 3.23. The molecule has 1 amide bonds. The summed E-state index contributed by atoms with van der Waals surface area (Å²) in [4.78, 5) is 14.8. The van der Waals surface area contributed by atoms with Crippen molar-refractivity contribution in [3.05, 3.63) is 52.5 Å². The van der Waals surface area contributed by atoms with Gasteiger partial charge in [-0.15, -0.1) is 33.3 Å². The van der Waals surface area contributed by atoms with Crippen molar-refractivity contribution in [3.63, 3.8) is 0 Å². The fourth-order valence-corrected chi connectivity index (χ4v) is 4.94. The highest BCUT2D eigenvalue weighted by Crippen LogP contribution is 2.39. The summed E-state index contributed by atoms with van der Waals surface area (Å²) in [5, 5.41) is 14.7. The standard InChI is InChI=1S/C19H20N4OS3/c1-25-16-7-3-2-6-15(16)20-18(24)12-27-19-22-21-17(23(19)13-8-9-13)11-14-5-4-10-26-14/h2-7,10,13H,8-9,11-12H2,1H3,(H,20,24). The molecule has 0 saturated heterocycles. The molecule has 1 aromatic carbocycles. The lowest BCUT2D eigenvalue weighted by Gasteiger charge is -2.10. The average molecular weight is 417 g/mol. The summed E-state index contributed by atoms with van der Waals surface area (Å²) < 4.78 is 2.23. The van der Waals surface area contributed by atoms with E-state index in [1.54, 1.807) is 23.1 Å². The molecule has 0 radical (unpaired) electrons. The number of thiophene rings is 1. The second-order valence-electron chi connectivity index (χ2n) is 6.29. The highest BCUT2D eigenvalue weighted by molar-refractivity contribution is 7.99. The Labute approximate surface area is 171 Å². The van der Waals surface area contributed by atoms with E-state index in [9.17, 15) is 4.79 Å². The zero-order valence-electron chi connectivity index (χ0n) is 14.9. The third-order valence-corrected chi connectivity index (χ3v) is 6.89. The maximum atomic E-state index is 12.4. The van der Waals surface area contributed by atoms with Crippen LogP contribution in [0.15, 0.2) is 51.8 Å². The molecule has 5 nitrogen and oxygen atoms in total. The molecule has 2 aromatic heterocycles. The molecule has 1 saturated carbocycles. The second-order valence-corrected chi connectivity index (χ2v) is 9.12. The molecule has 0 aliphatic heterocycles. The van der Waals surface area contributed by atoms with Gasteiger partial charge in [-0.1, -0.05) is 30.0 Å². The van der Waals surface area contributed by atoms with Crippen molar-refractivity contribution in [2.24, 2.45) is 0 Å². The molecule has 0 atom stereocenters. The first-order chi connectivity index (χ1) is 13.2. The first kappa shape index (κ1) is 18.6. The quantitative estimate of drug-likeness (QED) is 0.539. The largest absolute Gasteiger partial charge is 0.324 e. The van der Waals surface area contributed by atoms with Crippen molar-refractivity contribution < 1.29 is 4.79 Å². The van der Waals surface area contributed by atoms with Crippen LogP contribution in [0.3, 0.4) is 0 Å². The Morgan fingerprint density at radius 3 is 2.85 bits per heavy atom. The lowest BCUT2D eigenvalue weighted by molar-refractivity contribution is -0.113. The molecule has 8 heteroatoms. The number of para-hydroxylation sites is 1. The maximum Gasteiger partial charge on any atom is 0.234 e. The number of aromatic nitrogens is 3. The fraction of sp³-hybridized carbons (Fsp3) is 0.316. The number of amides is 1. The Morgan fingerprint density at radius 2 is 2.11 bits per heavy atom. The number of carbonyl (C=O) groups is 1. The number of hydrogen-bond donors (Lipinski definition) is 1. The summed E-state index contributed by atoms with van der Waals surface area (Å²) in [5.41, 5.74) is 0.859. The van der Waals surface area contributed by atoms with Crippen LogP contribution in [0.5, 0.6) is 0 Å². The molecule has 0 bridgehead atoms. The van der Waals surface area contributed by atoms with E-state index in [2.05, 4.69) is 37.6 Å². The minimum atomic E-state index is -0.0216. The van der Waals surface area contributed by atoms with Crippen LogP contribution in [-0.2, 0) is 11.2 Å². The van der Waals surface area contributed by atoms with Gasteiger partial charge in [-0.25, -0.2) is 0 Å². The highest BCUT2D eigenvalue weighted by Gasteiger charge is 2.30. The van der Waals surface area contributed by atoms with Crippen molar-refractivity contribution in [1.29, 1.82) is 0 Å². The normalized spacial score (nSPS) is 13.7. The number of carbonyl (C=O) groups excluding carboxylic acids is 1. The van der Waals surface area contributed by atoms with Gasteiger partial charge >= 0.3 is 0 Å². The molecule has 27 heavy (non-hydrogen) atoms. The van der Waals surface area contributed by atoms with E-state index < -0.39 is 0 Å². The number of rotatable bonds is 8. The Kier molecular flexibility index (Phi) is 5.85. The van der Waals surface area contributed by atoms with Crippen molar-refractivity contribution >= 4 is 46.5 Å². The van der Waals surface area contributed by atoms with E-state index in [0.29, 0.717) is 11.8 Å². The first-order valence-corrected chi connectivity index (χ1v) is 11.9. The monoisotopic (exact) mass is 416 g/mol. The molecule has 1 fully saturated rings. The molecule has 1 aliphatic carbocycles. The van der Waals surface area contributed by atoms with Gasteiger partial charge < -0.3 is 9.88 Å². The van der Waals surface area contributed by atoms with E-state index in [-0.39, 0.29) is 5.91 Å². The summed E-state index contributed by atoms with van der Waals surface area (Å²) >= 11 is 4.82. The molecular formula is C19H20N4OS3. The van der Waals surface area contributed by atoms with Crippen LogP contribution in [-0.4, -0.2) is 32.7 Å². The van der Waals surface area contributed by atoms with Crippen LogP contribution >= 0.6 is 34.9 Å². The number of nitrogens with zero attached hydrogens (tertiary/aromatic N) is 3. The SMILES string of the molecule is CSc1ccccc1NC(=O)CSc1nnc(Cc2cccs2)n1C1CC1. The zero-order valence-corrected chi connectivity index (χ0v) is 17.4. The van der Waals surface area contributed by atoms with Gasteiger partial charge in [0.1, 0.15) is 5.82 Å². The van der Waals surface area contributed by atoms with Gasteiger partial charge in [-0.2, -0.15) is 0 Å².